The molecule has 5 rings (SSSR count). The van der Waals surface area contributed by atoms with Gasteiger partial charge in [0.2, 0.25) is 5.91 Å². The van der Waals surface area contributed by atoms with Crippen molar-refractivity contribution in [3.8, 4) is 11.1 Å². The molecule has 0 atom stereocenters. The standard InChI is InChI=1S/C28H33FN4O2/c1-4-24-18(2)22-16-19(7-9-25(22)32(24)3)20-6-8-21(23(29)17-20)26(34)33-14-12-30-27(35)28(10-5-11-28)31-13-15-33/h6-9,16-17,31H,4-5,10-15H2,1-3H3,(H,30,35). The molecule has 35 heavy (non-hydrogen) atoms. The quantitative estimate of drug-likeness (QED) is 0.602. The number of nitrogens with one attached hydrogen (secondary N) is 2. The molecule has 2 N–H and O–H groups in total. The van der Waals surface area contributed by atoms with Crippen LogP contribution in [-0.4, -0.2) is 53.0 Å². The topological polar surface area (TPSA) is 66.4 Å². The van der Waals surface area contributed by atoms with Crippen LogP contribution in [0.5, 0.6) is 0 Å². The van der Waals surface area contributed by atoms with E-state index in [9.17, 15) is 9.59 Å². The number of fused-ring (bicyclic) bond motifs is 1. The molecule has 0 radical (unpaired) electrons. The minimum Gasteiger partial charge on any atom is -0.353 e. The molecule has 2 heterocycles. The van der Waals surface area contributed by atoms with Gasteiger partial charge in [0.05, 0.1) is 11.1 Å². The van der Waals surface area contributed by atoms with Gasteiger partial charge in [-0.15, -0.1) is 0 Å². The zero-order valence-electron chi connectivity index (χ0n) is 20.7. The molecule has 1 aliphatic carbocycles. The van der Waals surface area contributed by atoms with Gasteiger partial charge < -0.3 is 20.1 Å². The molecular formula is C28H33FN4O2. The minimum absolute atomic E-state index is 0.00487. The number of benzene rings is 2. The Hall–Kier alpha value is -3.19. The fourth-order valence-corrected chi connectivity index (χ4v) is 5.63. The summed E-state index contributed by atoms with van der Waals surface area (Å²) in [6, 6.07) is 11.0. The van der Waals surface area contributed by atoms with Crippen molar-refractivity contribution in [2.45, 2.75) is 45.1 Å². The van der Waals surface area contributed by atoms with Crippen LogP contribution in [0.15, 0.2) is 36.4 Å². The van der Waals surface area contributed by atoms with Gasteiger partial charge in [-0.05, 0) is 73.6 Å². The predicted octanol–water partition coefficient (Wildman–Crippen LogP) is 3.94. The molecule has 2 aromatic carbocycles. The Morgan fingerprint density at radius 2 is 1.80 bits per heavy atom. The third-order valence-electron chi connectivity index (χ3n) is 7.91. The molecule has 2 fully saturated rings. The highest BCUT2D eigenvalue weighted by Crippen LogP contribution is 2.33. The molecule has 0 bridgehead atoms. The van der Waals surface area contributed by atoms with E-state index in [1.807, 2.05) is 12.1 Å². The fraction of sp³-hybridized carbons (Fsp3) is 0.429. The van der Waals surface area contributed by atoms with Crippen LogP contribution >= 0.6 is 0 Å². The van der Waals surface area contributed by atoms with Crippen molar-refractivity contribution >= 4 is 22.7 Å². The molecule has 1 saturated carbocycles. The number of nitrogens with zero attached hydrogens (tertiary/aromatic N) is 2. The van der Waals surface area contributed by atoms with Gasteiger partial charge in [0.15, 0.2) is 0 Å². The average Bonchev–Trinajstić information content (AvgIpc) is 3.11. The lowest BCUT2D eigenvalue weighted by atomic mass is 9.76. The van der Waals surface area contributed by atoms with E-state index < -0.39 is 11.4 Å². The molecule has 184 valence electrons. The maximum absolute atomic E-state index is 15.2. The maximum Gasteiger partial charge on any atom is 0.256 e. The molecular weight excluding hydrogens is 443 g/mol. The predicted molar refractivity (Wildman–Crippen MR) is 136 cm³/mol. The molecule has 1 spiro atoms. The van der Waals surface area contributed by atoms with Crippen molar-refractivity contribution in [3.05, 3.63) is 59.0 Å². The first-order valence-electron chi connectivity index (χ1n) is 12.5. The van der Waals surface area contributed by atoms with Crippen molar-refractivity contribution in [2.24, 2.45) is 7.05 Å². The largest absolute Gasteiger partial charge is 0.353 e. The molecule has 2 aliphatic rings. The van der Waals surface area contributed by atoms with Crippen LogP contribution in [-0.2, 0) is 18.3 Å². The number of carbonyl (C=O) groups excluding carboxylic acids is 2. The Morgan fingerprint density at radius 1 is 1.09 bits per heavy atom. The van der Waals surface area contributed by atoms with Gasteiger partial charge in [-0.3, -0.25) is 9.59 Å². The number of halogens is 1. The Morgan fingerprint density at radius 3 is 2.49 bits per heavy atom. The summed E-state index contributed by atoms with van der Waals surface area (Å²) >= 11 is 0. The van der Waals surface area contributed by atoms with E-state index in [2.05, 4.69) is 48.2 Å². The first-order valence-corrected chi connectivity index (χ1v) is 12.5. The Bertz CT molecular complexity index is 1310. The van der Waals surface area contributed by atoms with Gasteiger partial charge in [-0.25, -0.2) is 4.39 Å². The van der Waals surface area contributed by atoms with Crippen LogP contribution in [0.2, 0.25) is 0 Å². The maximum atomic E-state index is 15.2. The molecule has 1 saturated heterocycles. The number of carbonyl (C=O) groups is 2. The summed E-state index contributed by atoms with van der Waals surface area (Å²) < 4.78 is 17.4. The SMILES string of the molecule is CCc1c(C)c2cc(-c3ccc(C(=O)N4CCNC(=O)C5(CCC5)NCC4)c(F)c3)ccc2n1C. The average molecular weight is 477 g/mol. The van der Waals surface area contributed by atoms with E-state index in [0.717, 1.165) is 47.7 Å². The van der Waals surface area contributed by atoms with E-state index in [4.69, 9.17) is 0 Å². The summed E-state index contributed by atoms with van der Waals surface area (Å²) in [4.78, 5) is 27.3. The summed E-state index contributed by atoms with van der Waals surface area (Å²) in [7, 11) is 2.08. The van der Waals surface area contributed by atoms with Crippen LogP contribution in [0, 0.1) is 12.7 Å². The van der Waals surface area contributed by atoms with Gasteiger partial charge in [0.25, 0.3) is 5.91 Å². The number of amides is 2. The molecule has 7 heteroatoms. The molecule has 3 aromatic rings. The van der Waals surface area contributed by atoms with Gasteiger partial charge >= 0.3 is 0 Å². The monoisotopic (exact) mass is 476 g/mol. The highest BCUT2D eigenvalue weighted by molar-refractivity contribution is 5.96. The molecule has 1 aliphatic heterocycles. The van der Waals surface area contributed by atoms with Crippen LogP contribution in [0.1, 0.15) is 47.8 Å². The number of hydrogen-bond donors (Lipinski definition) is 2. The Kier molecular flexibility index (Phi) is 6.13. The van der Waals surface area contributed by atoms with Crippen molar-refractivity contribution < 1.29 is 14.0 Å². The number of hydrogen-bond acceptors (Lipinski definition) is 3. The van der Waals surface area contributed by atoms with E-state index in [1.165, 1.54) is 17.3 Å². The molecule has 0 unspecified atom stereocenters. The lowest BCUT2D eigenvalue weighted by Gasteiger charge is -2.40. The smallest absolute Gasteiger partial charge is 0.256 e. The van der Waals surface area contributed by atoms with E-state index >= 15 is 4.39 Å². The summed E-state index contributed by atoms with van der Waals surface area (Å²) in [6.07, 6.45) is 3.61. The summed E-state index contributed by atoms with van der Waals surface area (Å²) in [5, 5.41) is 7.43. The van der Waals surface area contributed by atoms with Crippen LogP contribution in [0.4, 0.5) is 4.39 Å². The lowest BCUT2D eigenvalue weighted by molar-refractivity contribution is -0.130. The second-order valence-corrected chi connectivity index (χ2v) is 9.82. The molecule has 1 aromatic heterocycles. The minimum atomic E-state index is -0.529. The third-order valence-corrected chi connectivity index (χ3v) is 7.91. The van der Waals surface area contributed by atoms with Crippen molar-refractivity contribution in [1.29, 1.82) is 0 Å². The third kappa shape index (κ3) is 4.01. The second-order valence-electron chi connectivity index (χ2n) is 9.82. The van der Waals surface area contributed by atoms with Crippen LogP contribution in [0.3, 0.4) is 0 Å². The van der Waals surface area contributed by atoms with Gasteiger partial charge in [-0.1, -0.05) is 19.1 Å². The highest BCUT2D eigenvalue weighted by atomic mass is 19.1. The van der Waals surface area contributed by atoms with E-state index in [0.29, 0.717) is 26.2 Å². The van der Waals surface area contributed by atoms with Crippen molar-refractivity contribution in [3.63, 3.8) is 0 Å². The van der Waals surface area contributed by atoms with Crippen LogP contribution in [0.25, 0.3) is 22.0 Å². The van der Waals surface area contributed by atoms with Gasteiger partial charge in [0.1, 0.15) is 5.82 Å². The van der Waals surface area contributed by atoms with E-state index in [-0.39, 0.29) is 17.4 Å². The molecule has 6 nitrogen and oxygen atoms in total. The van der Waals surface area contributed by atoms with E-state index in [1.54, 1.807) is 11.0 Å². The Balaban J connectivity index is 1.37. The van der Waals surface area contributed by atoms with Crippen LogP contribution < -0.4 is 10.6 Å². The highest BCUT2D eigenvalue weighted by Gasteiger charge is 2.44. The fourth-order valence-electron chi connectivity index (χ4n) is 5.63. The van der Waals surface area contributed by atoms with Crippen molar-refractivity contribution in [2.75, 3.05) is 26.2 Å². The van der Waals surface area contributed by atoms with Crippen molar-refractivity contribution in [1.82, 2.24) is 20.1 Å². The summed E-state index contributed by atoms with van der Waals surface area (Å²) in [5.41, 5.74) is 4.93. The van der Waals surface area contributed by atoms with Gasteiger partial charge in [-0.2, -0.15) is 0 Å². The number of aryl methyl sites for hydroxylation is 2. The molecule has 2 amide bonds. The first kappa shape index (κ1) is 23.5. The number of rotatable bonds is 3. The summed E-state index contributed by atoms with van der Waals surface area (Å²) in [6.45, 7) is 5.94. The Labute approximate surface area is 205 Å². The first-order chi connectivity index (χ1) is 16.8. The number of aromatic nitrogens is 1. The zero-order valence-corrected chi connectivity index (χ0v) is 20.7. The normalized spacial score (nSPS) is 18.1. The zero-order chi connectivity index (χ0) is 24.7. The second kappa shape index (κ2) is 9.11. The van der Waals surface area contributed by atoms with Gasteiger partial charge in [0, 0.05) is 49.8 Å². The summed E-state index contributed by atoms with van der Waals surface area (Å²) in [5.74, 6) is -0.874. The lowest BCUT2D eigenvalue weighted by Crippen LogP contribution is -2.61.